The van der Waals surface area contributed by atoms with Crippen LogP contribution in [0.2, 0.25) is 10.0 Å². The minimum absolute atomic E-state index is 0.00595. The van der Waals surface area contributed by atoms with Gasteiger partial charge in [0.15, 0.2) is 0 Å². The van der Waals surface area contributed by atoms with E-state index < -0.39 is 18.0 Å². The van der Waals surface area contributed by atoms with Gasteiger partial charge in [-0.25, -0.2) is 9.78 Å². The van der Waals surface area contributed by atoms with Crippen LogP contribution in [-0.4, -0.2) is 62.9 Å². The molecule has 1 aliphatic heterocycles. The molecule has 0 fully saturated rings. The van der Waals surface area contributed by atoms with Crippen molar-refractivity contribution in [3.05, 3.63) is 51.4 Å². The van der Waals surface area contributed by atoms with Crippen LogP contribution in [0, 0.1) is 0 Å². The summed E-state index contributed by atoms with van der Waals surface area (Å²) in [6, 6.07) is 2.87. The van der Waals surface area contributed by atoms with Crippen LogP contribution in [-0.2, 0) is 22.5 Å². The number of aromatic nitrogens is 2. The zero-order chi connectivity index (χ0) is 23.8. The normalized spacial score (nSPS) is 13.8. The molecule has 1 aliphatic rings. The lowest BCUT2D eigenvalue weighted by molar-refractivity contribution is -0.174. The van der Waals surface area contributed by atoms with Crippen LogP contribution in [0.4, 0.5) is 5.82 Å². The number of aliphatic carboxylic acids is 1. The second kappa shape index (κ2) is 12.1. The highest BCUT2D eigenvalue weighted by Crippen LogP contribution is 2.25. The van der Waals surface area contributed by atoms with Gasteiger partial charge in [-0.1, -0.05) is 29.3 Å². The summed E-state index contributed by atoms with van der Waals surface area (Å²) in [5.41, 5.74) is 2.05. The van der Waals surface area contributed by atoms with E-state index in [0.29, 0.717) is 19.3 Å². The Morgan fingerprint density at radius 1 is 1.21 bits per heavy atom. The Morgan fingerprint density at radius 3 is 2.67 bits per heavy atom. The quantitative estimate of drug-likeness (QED) is 0.317. The number of rotatable bonds is 11. The first-order chi connectivity index (χ1) is 15.9. The van der Waals surface area contributed by atoms with Crippen molar-refractivity contribution in [2.75, 3.05) is 25.0 Å². The molecule has 2 aromatic heterocycles. The molecule has 0 amide bonds. The van der Waals surface area contributed by atoms with Gasteiger partial charge in [-0.05, 0) is 50.2 Å². The Hall–Kier alpha value is -2.46. The van der Waals surface area contributed by atoms with Gasteiger partial charge in [0.2, 0.25) is 0 Å². The number of unbranched alkanes of at least 4 members (excludes halogenated alkanes) is 1. The van der Waals surface area contributed by atoms with E-state index in [1.165, 1.54) is 18.0 Å². The van der Waals surface area contributed by atoms with Crippen molar-refractivity contribution in [2.45, 2.75) is 44.6 Å². The molecule has 0 saturated carbocycles. The summed E-state index contributed by atoms with van der Waals surface area (Å²) in [4.78, 5) is 38.3. The molecule has 0 saturated heterocycles. The number of fused-ring (bicyclic) bond motifs is 1. The molecular formula is C22H26Cl2N4O5. The van der Waals surface area contributed by atoms with Crippen LogP contribution in [0.3, 0.4) is 0 Å². The molecular weight excluding hydrogens is 471 g/mol. The van der Waals surface area contributed by atoms with Crippen molar-refractivity contribution in [1.29, 1.82) is 0 Å². The molecule has 9 nitrogen and oxygen atoms in total. The fourth-order valence-electron chi connectivity index (χ4n) is 3.62. The van der Waals surface area contributed by atoms with E-state index in [0.717, 1.165) is 36.0 Å². The van der Waals surface area contributed by atoms with Crippen molar-refractivity contribution >= 4 is 41.0 Å². The van der Waals surface area contributed by atoms with Crippen molar-refractivity contribution in [1.82, 2.24) is 15.0 Å². The highest BCUT2D eigenvalue weighted by Gasteiger charge is 2.30. The van der Waals surface area contributed by atoms with Crippen molar-refractivity contribution in [2.24, 2.45) is 0 Å². The van der Waals surface area contributed by atoms with Gasteiger partial charge in [0.1, 0.15) is 17.4 Å². The number of carboxylic acids is 1. The third kappa shape index (κ3) is 6.77. The molecule has 0 aliphatic carbocycles. The van der Waals surface area contributed by atoms with Crippen molar-refractivity contribution < 1.29 is 24.6 Å². The van der Waals surface area contributed by atoms with Crippen LogP contribution in [0.1, 0.15) is 47.3 Å². The van der Waals surface area contributed by atoms with E-state index in [1.54, 1.807) is 0 Å². The average molecular weight is 497 g/mol. The van der Waals surface area contributed by atoms with Gasteiger partial charge in [0, 0.05) is 37.8 Å². The zero-order valence-corrected chi connectivity index (χ0v) is 19.5. The largest absolute Gasteiger partial charge is 0.480 e. The Bertz CT molecular complexity index is 971. The number of nitrogens with zero attached hydrogens (tertiary/aromatic N) is 3. The number of hydrogen-bond acceptors (Lipinski definition) is 8. The first-order valence-electron chi connectivity index (χ1n) is 10.7. The number of hydrogen-bond donors (Lipinski definition) is 3. The Kier molecular flexibility index (Phi) is 9.25. The maximum Gasteiger partial charge on any atom is 0.360 e. The lowest BCUT2D eigenvalue weighted by Crippen LogP contribution is -2.43. The summed E-state index contributed by atoms with van der Waals surface area (Å²) in [5, 5.41) is 23.2. The Labute approximate surface area is 201 Å². The molecule has 1 atom stereocenters. The highest BCUT2D eigenvalue weighted by atomic mass is 35.5. The van der Waals surface area contributed by atoms with Crippen LogP contribution in [0.15, 0.2) is 24.5 Å². The maximum atomic E-state index is 12.7. The van der Waals surface area contributed by atoms with E-state index in [1.807, 2.05) is 6.07 Å². The predicted molar refractivity (Wildman–Crippen MR) is 123 cm³/mol. The maximum absolute atomic E-state index is 12.7. The molecule has 3 rings (SSSR count). The van der Waals surface area contributed by atoms with Gasteiger partial charge in [0.05, 0.1) is 10.0 Å². The number of halogens is 2. The van der Waals surface area contributed by atoms with Crippen LogP contribution in [0.25, 0.3) is 0 Å². The third-order valence-electron chi connectivity index (χ3n) is 5.31. The monoisotopic (exact) mass is 496 g/mol. The Balaban J connectivity index is 1.64. The van der Waals surface area contributed by atoms with Gasteiger partial charge < -0.3 is 20.4 Å². The number of aryl methyl sites for hydroxylation is 2. The summed E-state index contributed by atoms with van der Waals surface area (Å²) < 4.78 is 0. The number of nitrogens with one attached hydrogen (secondary N) is 1. The summed E-state index contributed by atoms with van der Waals surface area (Å²) in [5.74, 6) is -1.18. The third-order valence-corrected chi connectivity index (χ3v) is 5.88. The molecule has 3 heterocycles. The highest BCUT2D eigenvalue weighted by molar-refractivity contribution is 6.39. The van der Waals surface area contributed by atoms with E-state index in [4.69, 9.17) is 28.0 Å². The number of hydroxylamine groups is 2. The van der Waals surface area contributed by atoms with E-state index >= 15 is 0 Å². The second-order valence-electron chi connectivity index (χ2n) is 7.66. The van der Waals surface area contributed by atoms with E-state index in [-0.39, 0.29) is 35.2 Å². The van der Waals surface area contributed by atoms with Gasteiger partial charge in [0.25, 0.3) is 0 Å². The van der Waals surface area contributed by atoms with Crippen molar-refractivity contribution in [3.8, 4) is 0 Å². The molecule has 0 radical (unpaired) electrons. The minimum Gasteiger partial charge on any atom is -0.480 e. The predicted octanol–water partition coefficient (Wildman–Crippen LogP) is 3.37. The first-order valence-corrected chi connectivity index (χ1v) is 11.5. The fraction of sp³-hybridized carbons (Fsp3) is 0.455. The summed E-state index contributed by atoms with van der Waals surface area (Å²) in [6.07, 6.45) is 6.41. The molecule has 0 aromatic carbocycles. The smallest absolute Gasteiger partial charge is 0.360 e. The Morgan fingerprint density at radius 2 is 1.97 bits per heavy atom. The summed E-state index contributed by atoms with van der Waals surface area (Å²) in [6.45, 7) is 0.677. The van der Waals surface area contributed by atoms with Gasteiger partial charge >= 0.3 is 11.9 Å². The molecule has 2 aromatic rings. The van der Waals surface area contributed by atoms with Crippen LogP contribution >= 0.6 is 23.2 Å². The number of carbonyl (C=O) groups excluding carboxylic acids is 1. The molecule has 33 heavy (non-hydrogen) atoms. The number of pyridine rings is 2. The lowest BCUT2D eigenvalue weighted by atomic mass is 10.1. The zero-order valence-electron chi connectivity index (χ0n) is 18.0. The van der Waals surface area contributed by atoms with E-state index in [9.17, 15) is 19.8 Å². The SMILES string of the molecule is O=C(ON(CCCCc1ccc2c(n1)NCCC2)[C@@H](CCO)C(=O)O)c1c(Cl)cncc1Cl. The van der Waals surface area contributed by atoms with Gasteiger partial charge in [-0.3, -0.25) is 9.78 Å². The molecule has 3 N–H and O–H groups in total. The lowest BCUT2D eigenvalue weighted by Gasteiger charge is -2.27. The minimum atomic E-state index is -1.22. The van der Waals surface area contributed by atoms with Gasteiger partial charge in [-0.2, -0.15) is 0 Å². The van der Waals surface area contributed by atoms with Crippen molar-refractivity contribution in [3.63, 3.8) is 0 Å². The number of carboxylic acid groups (broad SMARTS) is 1. The number of aliphatic hydroxyl groups is 1. The molecule has 0 unspecified atom stereocenters. The number of aliphatic hydroxyl groups excluding tert-OH is 1. The summed E-state index contributed by atoms with van der Waals surface area (Å²) in [7, 11) is 0. The number of carbonyl (C=O) groups is 2. The topological polar surface area (TPSA) is 125 Å². The van der Waals surface area contributed by atoms with E-state index in [2.05, 4.69) is 21.4 Å². The van der Waals surface area contributed by atoms with Gasteiger partial charge in [-0.15, -0.1) is 5.06 Å². The standard InChI is InChI=1S/C22H26Cl2N4O5/c23-16-12-25-13-17(24)19(16)22(32)33-28(18(8-11-29)21(30)31)10-2-1-5-15-7-6-14-4-3-9-26-20(14)27-15/h6-7,12-13,18,29H,1-5,8-11H2,(H,26,27)(H,30,31)/t18-/m0/s1. The van der Waals surface area contributed by atoms with Crippen LogP contribution < -0.4 is 5.32 Å². The molecule has 11 heteroatoms. The average Bonchev–Trinajstić information content (AvgIpc) is 2.79. The number of anilines is 1. The molecule has 0 spiro atoms. The summed E-state index contributed by atoms with van der Waals surface area (Å²) >= 11 is 12.0. The first kappa shape index (κ1) is 25.2. The second-order valence-corrected chi connectivity index (χ2v) is 8.48. The van der Waals surface area contributed by atoms with Crippen LogP contribution in [0.5, 0.6) is 0 Å². The molecule has 178 valence electrons. The fourth-order valence-corrected chi connectivity index (χ4v) is 4.14. The molecule has 0 bridgehead atoms.